The van der Waals surface area contributed by atoms with Gasteiger partial charge < -0.3 is 4.74 Å². The normalized spacial score (nSPS) is 19.9. The van der Waals surface area contributed by atoms with Gasteiger partial charge in [0.05, 0.1) is 0 Å². The van der Waals surface area contributed by atoms with Crippen LogP contribution >= 0.6 is 0 Å². The summed E-state index contributed by atoms with van der Waals surface area (Å²) in [6, 6.07) is 8.05. The van der Waals surface area contributed by atoms with Crippen LogP contribution in [0.25, 0.3) is 0 Å². The largest absolute Gasteiger partial charge is 0.432 e. The predicted molar refractivity (Wildman–Crippen MR) is 117 cm³/mol. The summed E-state index contributed by atoms with van der Waals surface area (Å²) in [7, 11) is 0. The predicted octanol–water partition coefficient (Wildman–Crippen LogP) is 8.42. The fraction of sp³-hybridized carbons (Fsp3) is 0.481. The molecule has 0 saturated heterocycles. The summed E-state index contributed by atoms with van der Waals surface area (Å²) in [6.07, 6.45) is 4.21. The fourth-order valence-corrected chi connectivity index (χ4v) is 5.16. The molecule has 0 aromatic heterocycles. The number of halogens is 4. The van der Waals surface area contributed by atoms with Crippen molar-refractivity contribution in [1.82, 2.24) is 0 Å². The highest BCUT2D eigenvalue weighted by atomic mass is 19.3. The Bertz CT molecular complexity index is 885. The topological polar surface area (TPSA) is 9.23 Å². The molecule has 32 heavy (non-hydrogen) atoms. The minimum Gasteiger partial charge on any atom is -0.429 e. The van der Waals surface area contributed by atoms with Crippen LogP contribution in [0.2, 0.25) is 0 Å². The Morgan fingerprint density at radius 3 is 1.88 bits per heavy atom. The molecule has 2 aliphatic carbocycles. The third-order valence-corrected chi connectivity index (χ3v) is 7.14. The van der Waals surface area contributed by atoms with Crippen LogP contribution in [0.5, 0.6) is 5.75 Å². The number of ether oxygens (including phenoxy) is 1. The van der Waals surface area contributed by atoms with Gasteiger partial charge in [-0.1, -0.05) is 24.6 Å². The molecule has 0 heterocycles. The van der Waals surface area contributed by atoms with Gasteiger partial charge in [-0.25, -0.2) is 8.78 Å². The van der Waals surface area contributed by atoms with Gasteiger partial charge in [-0.2, -0.15) is 8.78 Å². The van der Waals surface area contributed by atoms with E-state index in [1.165, 1.54) is 37.8 Å². The van der Waals surface area contributed by atoms with Gasteiger partial charge >= 0.3 is 6.11 Å². The second-order valence-electron chi connectivity index (χ2n) is 9.46. The summed E-state index contributed by atoms with van der Waals surface area (Å²) in [6.45, 7) is 4.03. The molecule has 2 saturated carbocycles. The highest BCUT2D eigenvalue weighted by Gasteiger charge is 2.41. The van der Waals surface area contributed by atoms with Crippen molar-refractivity contribution in [3.8, 4) is 5.75 Å². The lowest BCUT2D eigenvalue weighted by molar-refractivity contribution is -0.189. The molecule has 2 fully saturated rings. The SMILES string of the molecule is C[C]1CCC([C]2CCC(c3cc(F)c(C(F)(F)Oc4ccc(C)cc4)c(F)c3)CC2)CC1. The first kappa shape index (κ1) is 23.1. The van der Waals surface area contributed by atoms with E-state index in [9.17, 15) is 17.6 Å². The lowest BCUT2D eigenvalue weighted by Gasteiger charge is -2.37. The molecule has 4 rings (SSSR count). The van der Waals surface area contributed by atoms with Crippen LogP contribution in [0.15, 0.2) is 36.4 Å². The second-order valence-corrected chi connectivity index (χ2v) is 9.46. The summed E-state index contributed by atoms with van der Waals surface area (Å²) in [5.74, 6) is 1.13. The molecule has 2 radical (unpaired) electrons. The van der Waals surface area contributed by atoms with Crippen molar-refractivity contribution in [1.29, 1.82) is 0 Å². The van der Waals surface area contributed by atoms with E-state index in [4.69, 9.17) is 0 Å². The smallest absolute Gasteiger partial charge is 0.429 e. The van der Waals surface area contributed by atoms with E-state index < -0.39 is 23.3 Å². The zero-order valence-corrected chi connectivity index (χ0v) is 18.7. The van der Waals surface area contributed by atoms with Crippen LogP contribution in [0, 0.1) is 36.3 Å². The molecule has 0 amide bonds. The minimum absolute atomic E-state index is 0.0136. The van der Waals surface area contributed by atoms with E-state index in [0.717, 1.165) is 43.4 Å². The van der Waals surface area contributed by atoms with E-state index in [0.29, 0.717) is 11.5 Å². The fourth-order valence-electron chi connectivity index (χ4n) is 5.16. The Kier molecular flexibility index (Phi) is 6.83. The maximum Gasteiger partial charge on any atom is 0.432 e. The summed E-state index contributed by atoms with van der Waals surface area (Å²) >= 11 is 0. The van der Waals surface area contributed by atoms with Gasteiger partial charge in [-0.15, -0.1) is 0 Å². The van der Waals surface area contributed by atoms with Crippen molar-refractivity contribution in [3.63, 3.8) is 0 Å². The maximum absolute atomic E-state index is 14.7. The van der Waals surface area contributed by atoms with E-state index in [1.54, 1.807) is 30.9 Å². The Morgan fingerprint density at radius 2 is 1.31 bits per heavy atom. The molecule has 0 unspecified atom stereocenters. The molecular formula is C27H30F4O. The first-order valence-corrected chi connectivity index (χ1v) is 11.5. The number of alkyl halides is 2. The molecule has 172 valence electrons. The van der Waals surface area contributed by atoms with Gasteiger partial charge in [-0.3, -0.25) is 0 Å². The molecule has 2 aliphatic rings. The molecule has 0 aliphatic heterocycles. The monoisotopic (exact) mass is 446 g/mol. The van der Waals surface area contributed by atoms with Crippen molar-refractivity contribution < 1.29 is 22.3 Å². The van der Waals surface area contributed by atoms with E-state index in [1.807, 2.05) is 0 Å². The molecule has 0 N–H and O–H groups in total. The zero-order chi connectivity index (χ0) is 22.9. The van der Waals surface area contributed by atoms with Gasteiger partial charge in [0, 0.05) is 0 Å². The zero-order valence-electron chi connectivity index (χ0n) is 18.7. The minimum atomic E-state index is -4.11. The third-order valence-electron chi connectivity index (χ3n) is 7.14. The van der Waals surface area contributed by atoms with Crippen LogP contribution in [0.3, 0.4) is 0 Å². The van der Waals surface area contributed by atoms with Crippen LogP contribution in [0.4, 0.5) is 17.6 Å². The number of benzene rings is 2. The Hall–Kier alpha value is -2.04. The standard InChI is InChI=1S/C27H30F4O/c1-17-3-7-19(8-4-17)20-9-11-21(12-10-20)22-15-24(28)26(25(29)16-22)27(30,31)32-23-13-5-18(2)6-14-23/h5-6,13-16,19,21H,3-4,7-12H2,1-2H3. The van der Waals surface area contributed by atoms with Crippen LogP contribution in [-0.4, -0.2) is 0 Å². The second kappa shape index (κ2) is 9.44. The van der Waals surface area contributed by atoms with Crippen molar-refractivity contribution >= 4 is 0 Å². The quantitative estimate of drug-likeness (QED) is 0.419. The first-order chi connectivity index (χ1) is 15.2. The maximum atomic E-state index is 14.7. The third kappa shape index (κ3) is 5.13. The molecular weight excluding hydrogens is 416 g/mol. The first-order valence-electron chi connectivity index (χ1n) is 11.5. The average Bonchev–Trinajstić information content (AvgIpc) is 2.75. The number of rotatable bonds is 5. The molecule has 1 nitrogen and oxygen atoms in total. The molecule has 2 aromatic rings. The van der Waals surface area contributed by atoms with Gasteiger partial charge in [0.1, 0.15) is 22.9 Å². The van der Waals surface area contributed by atoms with Gasteiger partial charge in [0.2, 0.25) is 0 Å². The van der Waals surface area contributed by atoms with Crippen LogP contribution in [0.1, 0.15) is 80.9 Å². The highest BCUT2D eigenvalue weighted by molar-refractivity contribution is 5.33. The van der Waals surface area contributed by atoms with Crippen molar-refractivity contribution in [2.45, 2.75) is 77.2 Å². The van der Waals surface area contributed by atoms with Crippen molar-refractivity contribution in [2.75, 3.05) is 0 Å². The Balaban J connectivity index is 1.44. The number of hydrogen-bond donors (Lipinski definition) is 0. The van der Waals surface area contributed by atoms with Crippen molar-refractivity contribution in [3.05, 3.63) is 76.6 Å². The average molecular weight is 447 g/mol. The summed E-state index contributed by atoms with van der Waals surface area (Å²) < 4.78 is 63.3. The molecule has 0 atom stereocenters. The summed E-state index contributed by atoms with van der Waals surface area (Å²) in [4.78, 5) is 0. The molecule has 5 heteroatoms. The van der Waals surface area contributed by atoms with Crippen LogP contribution in [-0.2, 0) is 6.11 Å². The number of aryl methyl sites for hydroxylation is 1. The summed E-state index contributed by atoms with van der Waals surface area (Å²) in [5, 5.41) is 0. The van der Waals surface area contributed by atoms with E-state index in [2.05, 4.69) is 11.7 Å². The Morgan fingerprint density at radius 1 is 0.781 bits per heavy atom. The number of hydrogen-bond acceptors (Lipinski definition) is 1. The van der Waals surface area contributed by atoms with E-state index in [-0.39, 0.29) is 11.7 Å². The van der Waals surface area contributed by atoms with Gasteiger partial charge in [-0.05, 0) is 112 Å². The molecule has 0 spiro atoms. The molecule has 0 bridgehead atoms. The van der Waals surface area contributed by atoms with E-state index >= 15 is 0 Å². The Labute approximate surface area is 188 Å². The van der Waals surface area contributed by atoms with Gasteiger partial charge in [0.15, 0.2) is 0 Å². The molecule has 2 aromatic carbocycles. The summed E-state index contributed by atoms with van der Waals surface area (Å²) in [5.41, 5.74) is -0.00679. The van der Waals surface area contributed by atoms with Crippen molar-refractivity contribution in [2.24, 2.45) is 5.92 Å². The highest BCUT2D eigenvalue weighted by Crippen LogP contribution is 2.46. The van der Waals surface area contributed by atoms with Gasteiger partial charge in [0.25, 0.3) is 0 Å². The lowest BCUT2D eigenvalue weighted by Crippen LogP contribution is -2.26. The van der Waals surface area contributed by atoms with Crippen LogP contribution < -0.4 is 4.74 Å². The lowest BCUT2D eigenvalue weighted by atomic mass is 9.68.